The Labute approximate surface area is 144 Å². The number of thiocarbonyl (C=S) groups is 1. The van der Waals surface area contributed by atoms with Crippen LogP contribution in [0.25, 0.3) is 0 Å². The summed E-state index contributed by atoms with van der Waals surface area (Å²) < 4.78 is 0. The zero-order valence-electron chi connectivity index (χ0n) is 13.9. The topological polar surface area (TPSA) is 19.7 Å². The van der Waals surface area contributed by atoms with Crippen LogP contribution in [0.4, 0.5) is 5.69 Å². The van der Waals surface area contributed by atoms with Crippen LogP contribution < -0.4 is 10.2 Å². The number of halogens is 1. The van der Waals surface area contributed by atoms with Crippen molar-refractivity contribution < 1.29 is 4.90 Å². The Morgan fingerprint density at radius 3 is 2.55 bits per heavy atom. The van der Waals surface area contributed by atoms with Gasteiger partial charge in [-0.1, -0.05) is 11.6 Å². The first kappa shape index (κ1) is 17.5. The van der Waals surface area contributed by atoms with E-state index < -0.39 is 0 Å². The number of anilines is 1. The third-order valence-electron chi connectivity index (χ3n) is 4.75. The molecule has 1 aromatic rings. The fourth-order valence-electron chi connectivity index (χ4n) is 2.93. The summed E-state index contributed by atoms with van der Waals surface area (Å²) in [6, 6.07) is 7.36. The largest absolute Gasteiger partial charge is 0.349 e. The molecule has 0 saturated carbocycles. The average molecular weight is 341 g/mol. The predicted octanol–water partition coefficient (Wildman–Crippen LogP) is 2.73. The van der Waals surface area contributed by atoms with Crippen LogP contribution in [0.3, 0.4) is 0 Å². The van der Waals surface area contributed by atoms with Gasteiger partial charge in [-0.2, -0.15) is 0 Å². The number of rotatable bonds is 3. The van der Waals surface area contributed by atoms with E-state index in [4.69, 9.17) is 23.8 Å². The van der Waals surface area contributed by atoms with Crippen molar-refractivity contribution in [1.29, 1.82) is 0 Å². The zero-order valence-corrected chi connectivity index (χ0v) is 15.5. The number of hydrogen-bond donors (Lipinski definition) is 2. The average Bonchev–Trinajstić information content (AvgIpc) is 2.50. The van der Waals surface area contributed by atoms with Crippen molar-refractivity contribution in [3.05, 3.63) is 28.8 Å². The molecule has 1 aliphatic heterocycles. The fraction of sp³-hybridized carbons (Fsp3) is 0.588. The third-order valence-corrected chi connectivity index (χ3v) is 5.53. The standard InChI is InChI=1S/C17H26ClN3S/c1-12(2)20(4)15-7-9-21(10-8-15)17(22)19-14-5-6-16(18)13(3)11-14/h5-6,11-12,15H,7-10H2,1-4H3,(H,19,22)/p+1. The maximum atomic E-state index is 6.06. The first-order valence-electron chi connectivity index (χ1n) is 8.04. The lowest BCUT2D eigenvalue weighted by Crippen LogP contribution is -3.16. The quantitative estimate of drug-likeness (QED) is 0.825. The van der Waals surface area contributed by atoms with Crippen molar-refractivity contribution in [3.63, 3.8) is 0 Å². The lowest BCUT2D eigenvalue weighted by Gasteiger charge is -2.37. The van der Waals surface area contributed by atoms with Gasteiger partial charge < -0.3 is 15.1 Å². The van der Waals surface area contributed by atoms with Crippen molar-refractivity contribution in [2.24, 2.45) is 0 Å². The molecule has 1 aliphatic rings. The Morgan fingerprint density at radius 1 is 1.36 bits per heavy atom. The number of aryl methyl sites for hydroxylation is 1. The van der Waals surface area contributed by atoms with Gasteiger partial charge in [0.1, 0.15) is 0 Å². The molecular formula is C17H27ClN3S+. The summed E-state index contributed by atoms with van der Waals surface area (Å²) in [5, 5.41) is 4.95. The van der Waals surface area contributed by atoms with Crippen LogP contribution >= 0.6 is 23.8 Å². The van der Waals surface area contributed by atoms with E-state index >= 15 is 0 Å². The molecule has 1 atom stereocenters. The summed E-state index contributed by atoms with van der Waals surface area (Å²) in [4.78, 5) is 3.91. The van der Waals surface area contributed by atoms with Crippen molar-refractivity contribution in [2.75, 3.05) is 25.5 Å². The van der Waals surface area contributed by atoms with Crippen LogP contribution in [-0.2, 0) is 0 Å². The number of hydrogen-bond acceptors (Lipinski definition) is 1. The molecule has 0 aromatic heterocycles. The Morgan fingerprint density at radius 2 is 2.00 bits per heavy atom. The first-order chi connectivity index (χ1) is 10.4. The zero-order chi connectivity index (χ0) is 16.3. The number of benzene rings is 1. The van der Waals surface area contributed by atoms with Gasteiger partial charge in [-0.25, -0.2) is 0 Å². The Kier molecular flexibility index (Phi) is 6.07. The third kappa shape index (κ3) is 4.34. The fourth-order valence-corrected chi connectivity index (χ4v) is 3.35. The SMILES string of the molecule is Cc1cc(NC(=S)N2CCC([NH+](C)C(C)C)CC2)ccc1Cl. The molecule has 2 rings (SSSR count). The van der Waals surface area contributed by atoms with Gasteiger partial charge in [0.2, 0.25) is 0 Å². The Hall–Kier alpha value is -0.840. The van der Waals surface area contributed by atoms with E-state index in [9.17, 15) is 0 Å². The van der Waals surface area contributed by atoms with E-state index in [1.165, 1.54) is 12.8 Å². The molecule has 1 aromatic carbocycles. The summed E-state index contributed by atoms with van der Waals surface area (Å²) in [7, 11) is 2.30. The van der Waals surface area contributed by atoms with Gasteiger partial charge in [-0.15, -0.1) is 0 Å². The van der Waals surface area contributed by atoms with E-state index in [0.29, 0.717) is 6.04 Å². The maximum Gasteiger partial charge on any atom is 0.173 e. The van der Waals surface area contributed by atoms with Crippen molar-refractivity contribution in [2.45, 2.75) is 45.7 Å². The highest BCUT2D eigenvalue weighted by Crippen LogP contribution is 2.20. The van der Waals surface area contributed by atoms with Gasteiger partial charge in [0.15, 0.2) is 5.11 Å². The molecule has 0 bridgehead atoms. The molecule has 122 valence electrons. The predicted molar refractivity (Wildman–Crippen MR) is 99.0 cm³/mol. The monoisotopic (exact) mass is 340 g/mol. The lowest BCUT2D eigenvalue weighted by molar-refractivity contribution is -0.928. The first-order valence-corrected chi connectivity index (χ1v) is 8.82. The van der Waals surface area contributed by atoms with Gasteiger partial charge in [0, 0.05) is 36.6 Å². The van der Waals surface area contributed by atoms with Crippen molar-refractivity contribution >= 4 is 34.6 Å². The molecule has 5 heteroatoms. The highest BCUT2D eigenvalue weighted by atomic mass is 35.5. The molecule has 1 unspecified atom stereocenters. The summed E-state index contributed by atoms with van der Waals surface area (Å²) in [6.45, 7) is 8.65. The highest BCUT2D eigenvalue weighted by molar-refractivity contribution is 7.80. The van der Waals surface area contributed by atoms with Crippen LogP contribution in [0.2, 0.25) is 5.02 Å². The summed E-state index contributed by atoms with van der Waals surface area (Å²) in [5.74, 6) is 0. The van der Waals surface area contributed by atoms with E-state index in [1.807, 2.05) is 25.1 Å². The second-order valence-electron chi connectivity index (χ2n) is 6.55. The van der Waals surface area contributed by atoms with Crippen LogP contribution in [0.1, 0.15) is 32.3 Å². The molecule has 0 aliphatic carbocycles. The number of piperidine rings is 1. The smallest absolute Gasteiger partial charge is 0.173 e. The lowest BCUT2D eigenvalue weighted by atomic mass is 10.0. The van der Waals surface area contributed by atoms with E-state index in [0.717, 1.165) is 40.5 Å². The molecule has 0 radical (unpaired) electrons. The summed E-state index contributed by atoms with van der Waals surface area (Å²) in [5.41, 5.74) is 2.08. The van der Waals surface area contributed by atoms with Gasteiger partial charge in [-0.05, 0) is 56.8 Å². The van der Waals surface area contributed by atoms with Crippen molar-refractivity contribution in [3.8, 4) is 0 Å². The molecule has 0 spiro atoms. The molecule has 1 saturated heterocycles. The summed E-state index contributed by atoms with van der Waals surface area (Å²) in [6.07, 6.45) is 2.40. The van der Waals surface area contributed by atoms with E-state index in [1.54, 1.807) is 4.90 Å². The van der Waals surface area contributed by atoms with Gasteiger partial charge in [0.25, 0.3) is 0 Å². The molecule has 2 N–H and O–H groups in total. The van der Waals surface area contributed by atoms with Gasteiger partial charge >= 0.3 is 0 Å². The van der Waals surface area contributed by atoms with Crippen LogP contribution in [-0.4, -0.2) is 42.2 Å². The molecule has 1 heterocycles. The number of nitrogens with zero attached hydrogens (tertiary/aromatic N) is 1. The molecular weight excluding hydrogens is 314 g/mol. The minimum Gasteiger partial charge on any atom is -0.349 e. The Balaban J connectivity index is 1.88. The molecule has 1 fully saturated rings. The number of likely N-dealkylation sites (tertiary alicyclic amines) is 1. The maximum absolute atomic E-state index is 6.06. The van der Waals surface area contributed by atoms with Crippen molar-refractivity contribution in [1.82, 2.24) is 4.90 Å². The van der Waals surface area contributed by atoms with Gasteiger partial charge in [-0.3, -0.25) is 0 Å². The van der Waals surface area contributed by atoms with Crippen LogP contribution in [0.5, 0.6) is 0 Å². The number of quaternary nitrogens is 1. The minimum absolute atomic E-state index is 0.679. The second kappa shape index (κ2) is 7.62. The van der Waals surface area contributed by atoms with Crippen LogP contribution in [0.15, 0.2) is 18.2 Å². The molecule has 3 nitrogen and oxygen atoms in total. The van der Waals surface area contributed by atoms with Gasteiger partial charge in [0.05, 0.1) is 19.1 Å². The molecule has 0 amide bonds. The number of nitrogens with one attached hydrogen (secondary N) is 2. The van der Waals surface area contributed by atoms with Crippen LogP contribution in [0, 0.1) is 6.92 Å². The Bertz CT molecular complexity index is 525. The second-order valence-corrected chi connectivity index (χ2v) is 7.35. The van der Waals surface area contributed by atoms with E-state index in [-0.39, 0.29) is 0 Å². The van der Waals surface area contributed by atoms with E-state index in [2.05, 4.69) is 31.1 Å². The normalized spacial score (nSPS) is 17.6. The minimum atomic E-state index is 0.679. The molecule has 22 heavy (non-hydrogen) atoms. The summed E-state index contributed by atoms with van der Waals surface area (Å²) >= 11 is 11.6. The highest BCUT2D eigenvalue weighted by Gasteiger charge is 2.27.